The van der Waals surface area contributed by atoms with Gasteiger partial charge in [0.2, 0.25) is 0 Å². The highest BCUT2D eigenvalue weighted by atomic mass is 32.2. The molecule has 0 spiro atoms. The Labute approximate surface area is 158 Å². The van der Waals surface area contributed by atoms with Gasteiger partial charge in [0.15, 0.2) is 6.61 Å². The Hall–Kier alpha value is -2.47. The molecule has 0 aliphatic rings. The molecule has 2 aromatic carbocycles. The first-order chi connectivity index (χ1) is 12.6. The number of hydrogen-bond acceptors (Lipinski definition) is 5. The number of nitrogens with one attached hydrogen (secondary N) is 1. The minimum absolute atomic E-state index is 0.210. The number of amides is 1. The van der Waals surface area contributed by atoms with Crippen molar-refractivity contribution >= 4 is 29.3 Å². The maximum atomic E-state index is 11.8. The summed E-state index contributed by atoms with van der Waals surface area (Å²) in [5.41, 5.74) is 1.80. The first kappa shape index (κ1) is 19.8. The van der Waals surface area contributed by atoms with Crippen LogP contribution in [0.4, 0.5) is 5.69 Å². The number of rotatable bonds is 9. The van der Waals surface area contributed by atoms with E-state index in [0.29, 0.717) is 18.7 Å². The first-order valence-corrected chi connectivity index (χ1v) is 9.58. The molecule has 0 saturated heterocycles. The van der Waals surface area contributed by atoms with Crippen LogP contribution in [0.15, 0.2) is 53.4 Å². The van der Waals surface area contributed by atoms with Crippen molar-refractivity contribution in [2.75, 3.05) is 24.8 Å². The summed E-state index contributed by atoms with van der Waals surface area (Å²) in [5.74, 6) is 0.0159. The predicted octanol–water partition coefficient (Wildman–Crippen LogP) is 4.06. The van der Waals surface area contributed by atoms with Crippen molar-refractivity contribution in [3.05, 3.63) is 54.1 Å². The van der Waals surface area contributed by atoms with Crippen molar-refractivity contribution in [3.63, 3.8) is 0 Å². The lowest BCUT2D eigenvalue weighted by molar-refractivity contribution is -0.147. The zero-order valence-electron chi connectivity index (χ0n) is 15.0. The number of carbonyl (C=O) groups excluding carboxylic acids is 2. The van der Waals surface area contributed by atoms with E-state index < -0.39 is 5.97 Å². The number of benzene rings is 2. The Morgan fingerprint density at radius 3 is 2.58 bits per heavy atom. The second-order valence-corrected chi connectivity index (χ2v) is 6.59. The van der Waals surface area contributed by atoms with Crippen molar-refractivity contribution in [1.82, 2.24) is 0 Å². The van der Waals surface area contributed by atoms with Gasteiger partial charge in [-0.1, -0.05) is 12.1 Å². The lowest BCUT2D eigenvalue weighted by atomic mass is 10.2. The van der Waals surface area contributed by atoms with Crippen LogP contribution in [-0.2, 0) is 14.3 Å². The van der Waals surface area contributed by atoms with Gasteiger partial charge in [0.05, 0.1) is 6.61 Å². The number of hydrogen-bond donors (Lipinski definition) is 1. The van der Waals surface area contributed by atoms with Gasteiger partial charge in [-0.2, -0.15) is 0 Å². The van der Waals surface area contributed by atoms with Gasteiger partial charge in [-0.15, -0.1) is 11.8 Å². The molecule has 6 heteroatoms. The molecule has 138 valence electrons. The second kappa shape index (κ2) is 10.5. The van der Waals surface area contributed by atoms with Gasteiger partial charge >= 0.3 is 5.97 Å². The quantitative estimate of drug-likeness (QED) is 0.408. The highest BCUT2D eigenvalue weighted by Crippen LogP contribution is 2.17. The summed E-state index contributed by atoms with van der Waals surface area (Å²) in [7, 11) is 0. The fourth-order valence-electron chi connectivity index (χ4n) is 2.20. The molecule has 0 aliphatic heterocycles. The molecule has 26 heavy (non-hydrogen) atoms. The molecule has 0 bridgehead atoms. The van der Waals surface area contributed by atoms with Crippen LogP contribution in [0.2, 0.25) is 0 Å². The second-order valence-electron chi connectivity index (χ2n) is 5.71. The number of aryl methyl sites for hydroxylation is 1. The molecule has 0 heterocycles. The molecule has 0 saturated carbocycles. The Bertz CT molecular complexity index is 731. The molecule has 1 N–H and O–H groups in total. The lowest BCUT2D eigenvalue weighted by Gasteiger charge is -2.08. The molecule has 2 rings (SSSR count). The van der Waals surface area contributed by atoms with E-state index in [4.69, 9.17) is 9.47 Å². The number of carbonyl (C=O) groups is 2. The third-order valence-corrected chi connectivity index (χ3v) is 4.27. The van der Waals surface area contributed by atoms with Crippen LogP contribution < -0.4 is 10.1 Å². The Kier molecular flexibility index (Phi) is 8.02. The van der Waals surface area contributed by atoms with Crippen molar-refractivity contribution in [2.45, 2.75) is 24.7 Å². The Balaban J connectivity index is 1.60. The Morgan fingerprint density at radius 1 is 1.12 bits per heavy atom. The van der Waals surface area contributed by atoms with Crippen LogP contribution in [0.25, 0.3) is 0 Å². The highest BCUT2D eigenvalue weighted by molar-refractivity contribution is 7.98. The SMILES string of the molecule is CSc1ccc(NC(=O)COC(=O)CCCOc2cccc(C)c2)cc1. The number of ether oxygens (including phenoxy) is 2. The normalized spacial score (nSPS) is 10.2. The van der Waals surface area contributed by atoms with Gasteiger partial charge in [-0.3, -0.25) is 9.59 Å². The van der Waals surface area contributed by atoms with E-state index >= 15 is 0 Å². The summed E-state index contributed by atoms with van der Waals surface area (Å²) in [5, 5.41) is 2.69. The fraction of sp³-hybridized carbons (Fsp3) is 0.300. The summed E-state index contributed by atoms with van der Waals surface area (Å²) >= 11 is 1.63. The molecular weight excluding hydrogens is 350 g/mol. The van der Waals surface area contributed by atoms with Crippen LogP contribution in [-0.4, -0.2) is 31.3 Å². The van der Waals surface area contributed by atoms with E-state index in [9.17, 15) is 9.59 Å². The van der Waals surface area contributed by atoms with E-state index in [1.165, 1.54) is 0 Å². The van der Waals surface area contributed by atoms with Crippen LogP contribution in [0.3, 0.4) is 0 Å². The maximum absolute atomic E-state index is 11.8. The molecule has 5 nitrogen and oxygen atoms in total. The van der Waals surface area contributed by atoms with E-state index in [0.717, 1.165) is 16.2 Å². The minimum atomic E-state index is -0.411. The summed E-state index contributed by atoms with van der Waals surface area (Å²) in [6.07, 6.45) is 2.73. The molecule has 1 amide bonds. The largest absolute Gasteiger partial charge is 0.494 e. The molecule has 0 aliphatic carbocycles. The van der Waals surface area contributed by atoms with Crippen molar-refractivity contribution in [3.8, 4) is 5.75 Å². The average Bonchev–Trinajstić information content (AvgIpc) is 2.64. The van der Waals surface area contributed by atoms with E-state index in [2.05, 4.69) is 5.32 Å². The lowest BCUT2D eigenvalue weighted by Crippen LogP contribution is -2.21. The third kappa shape index (κ3) is 7.19. The molecule has 0 atom stereocenters. The summed E-state index contributed by atoms with van der Waals surface area (Å²) in [6, 6.07) is 15.2. The molecule has 0 aromatic heterocycles. The summed E-state index contributed by atoms with van der Waals surface area (Å²) in [6.45, 7) is 2.13. The number of thioether (sulfide) groups is 1. The standard InChI is InChI=1S/C20H23NO4S/c1-15-5-3-6-17(13-15)24-12-4-7-20(23)25-14-19(22)21-16-8-10-18(26-2)11-9-16/h3,5-6,8-11,13H,4,7,12,14H2,1-2H3,(H,21,22). The number of anilines is 1. The van der Waals surface area contributed by atoms with Gasteiger partial charge in [0.25, 0.3) is 5.91 Å². The zero-order valence-corrected chi connectivity index (χ0v) is 15.8. The molecule has 0 unspecified atom stereocenters. The molecule has 0 radical (unpaired) electrons. The predicted molar refractivity (Wildman–Crippen MR) is 104 cm³/mol. The van der Waals surface area contributed by atoms with Gasteiger partial charge in [-0.05, 0) is 61.6 Å². The monoisotopic (exact) mass is 373 g/mol. The Morgan fingerprint density at radius 2 is 1.88 bits per heavy atom. The first-order valence-electron chi connectivity index (χ1n) is 8.36. The van der Waals surface area contributed by atoms with Crippen LogP contribution >= 0.6 is 11.8 Å². The van der Waals surface area contributed by atoms with E-state index in [1.54, 1.807) is 11.8 Å². The van der Waals surface area contributed by atoms with Crippen molar-refractivity contribution in [1.29, 1.82) is 0 Å². The molecular formula is C20H23NO4S. The topological polar surface area (TPSA) is 64.6 Å². The van der Waals surface area contributed by atoms with E-state index in [1.807, 2.05) is 61.7 Å². The van der Waals surface area contributed by atoms with Crippen LogP contribution in [0.5, 0.6) is 5.75 Å². The van der Waals surface area contributed by atoms with Gasteiger partial charge < -0.3 is 14.8 Å². The third-order valence-electron chi connectivity index (χ3n) is 3.52. The van der Waals surface area contributed by atoms with E-state index in [-0.39, 0.29) is 18.9 Å². The highest BCUT2D eigenvalue weighted by Gasteiger charge is 2.08. The average molecular weight is 373 g/mol. The summed E-state index contributed by atoms with van der Waals surface area (Å²) < 4.78 is 10.6. The maximum Gasteiger partial charge on any atom is 0.306 e. The van der Waals surface area contributed by atoms with Crippen LogP contribution in [0, 0.1) is 6.92 Å². The summed E-state index contributed by atoms with van der Waals surface area (Å²) in [4.78, 5) is 24.6. The minimum Gasteiger partial charge on any atom is -0.494 e. The molecule has 2 aromatic rings. The van der Waals surface area contributed by atoms with Crippen molar-refractivity contribution < 1.29 is 19.1 Å². The fourth-order valence-corrected chi connectivity index (χ4v) is 2.61. The van der Waals surface area contributed by atoms with Gasteiger partial charge in [0.1, 0.15) is 5.75 Å². The van der Waals surface area contributed by atoms with Crippen LogP contribution in [0.1, 0.15) is 18.4 Å². The zero-order chi connectivity index (χ0) is 18.8. The van der Waals surface area contributed by atoms with Gasteiger partial charge in [-0.25, -0.2) is 0 Å². The van der Waals surface area contributed by atoms with Crippen molar-refractivity contribution in [2.24, 2.45) is 0 Å². The number of esters is 1. The smallest absolute Gasteiger partial charge is 0.306 e. The molecule has 0 fully saturated rings. The van der Waals surface area contributed by atoms with Gasteiger partial charge in [0, 0.05) is 17.0 Å².